The molecule has 43 heavy (non-hydrogen) atoms. The van der Waals surface area contributed by atoms with Crippen LogP contribution >= 0.6 is 22.7 Å². The van der Waals surface area contributed by atoms with E-state index in [1.54, 1.807) is 11.3 Å². The summed E-state index contributed by atoms with van der Waals surface area (Å²) in [6.45, 7) is 2.53. The van der Waals surface area contributed by atoms with E-state index in [0.29, 0.717) is 21.9 Å². The number of benzene rings is 3. The van der Waals surface area contributed by atoms with Gasteiger partial charge >= 0.3 is 0 Å². The Morgan fingerprint density at radius 3 is 2.56 bits per heavy atom. The third-order valence-corrected chi connectivity index (χ3v) is 8.62. The molecule has 4 aromatic heterocycles. The number of rotatable bonds is 8. The van der Waals surface area contributed by atoms with Crippen LogP contribution in [0, 0.1) is 6.92 Å². The van der Waals surface area contributed by atoms with Gasteiger partial charge in [-0.25, -0.2) is 4.68 Å². The van der Waals surface area contributed by atoms with Gasteiger partial charge in [-0.05, 0) is 66.4 Å². The van der Waals surface area contributed by atoms with E-state index in [0.717, 1.165) is 38.7 Å². The normalized spacial score (nSPS) is 12.1. The highest BCUT2D eigenvalue weighted by molar-refractivity contribution is 7.15. The predicted octanol–water partition coefficient (Wildman–Crippen LogP) is 6.67. The van der Waals surface area contributed by atoms with Crippen molar-refractivity contribution in [3.63, 3.8) is 0 Å². The van der Waals surface area contributed by atoms with Crippen LogP contribution in [0.2, 0.25) is 0 Å². The first-order valence-electron chi connectivity index (χ1n) is 13.7. The molecule has 0 bridgehead atoms. The number of aryl methyl sites for hydroxylation is 1. The van der Waals surface area contributed by atoms with Crippen molar-refractivity contribution in [2.24, 2.45) is 0 Å². The summed E-state index contributed by atoms with van der Waals surface area (Å²) >= 11 is 2.94. The molecule has 0 spiro atoms. The van der Waals surface area contributed by atoms with Crippen LogP contribution in [0.5, 0.6) is 5.75 Å². The molecule has 7 rings (SSSR count). The topological polar surface area (TPSA) is 74.3 Å². The molecule has 0 aliphatic carbocycles. The van der Waals surface area contributed by atoms with Crippen molar-refractivity contribution in [1.29, 1.82) is 0 Å². The van der Waals surface area contributed by atoms with E-state index in [2.05, 4.69) is 41.3 Å². The number of ether oxygens (including phenoxy) is 1. The number of para-hydroxylation sites is 1. The summed E-state index contributed by atoms with van der Waals surface area (Å²) < 4.78 is 9.86. The zero-order chi connectivity index (χ0) is 29.2. The molecular formula is C34H25N5O2S2. The highest BCUT2D eigenvalue weighted by atomic mass is 32.1. The lowest BCUT2D eigenvalue weighted by molar-refractivity contribution is 0.306. The van der Waals surface area contributed by atoms with Crippen LogP contribution < -0.4 is 14.8 Å². The summed E-state index contributed by atoms with van der Waals surface area (Å²) in [6.07, 6.45) is 7.58. The standard InChI is InChI=1S/C34H25N5O2S2/c1-23-12-14-24(15-13-23)22-41-28-10-5-7-25(19-28)32-26(21-38(37-32)27-8-3-2-4-9-27)20-30-33(40)39-34(43-30)35-31(36-39)17-16-29-11-6-18-42-29/h2-21H,22H2,1H3/b17-16+,30-20-. The van der Waals surface area contributed by atoms with Crippen molar-refractivity contribution >= 4 is 45.9 Å². The third kappa shape index (κ3) is 5.81. The van der Waals surface area contributed by atoms with Gasteiger partial charge < -0.3 is 4.74 Å². The molecule has 7 aromatic rings. The van der Waals surface area contributed by atoms with Crippen LogP contribution in [0.3, 0.4) is 0 Å². The number of aromatic nitrogens is 5. The Balaban J connectivity index is 1.25. The minimum atomic E-state index is -0.211. The van der Waals surface area contributed by atoms with Crippen molar-refractivity contribution in [1.82, 2.24) is 24.4 Å². The summed E-state index contributed by atoms with van der Waals surface area (Å²) in [7, 11) is 0. The summed E-state index contributed by atoms with van der Waals surface area (Å²) in [5, 5.41) is 11.4. The molecule has 9 heteroatoms. The molecule has 0 aliphatic rings. The minimum Gasteiger partial charge on any atom is -0.489 e. The molecule has 210 valence electrons. The number of hydrogen-bond acceptors (Lipinski definition) is 7. The van der Waals surface area contributed by atoms with E-state index >= 15 is 0 Å². The second-order valence-electron chi connectivity index (χ2n) is 9.94. The van der Waals surface area contributed by atoms with E-state index in [-0.39, 0.29) is 5.56 Å². The monoisotopic (exact) mass is 599 g/mol. The molecule has 0 saturated carbocycles. The van der Waals surface area contributed by atoms with Crippen LogP contribution in [0.25, 0.3) is 40.1 Å². The SMILES string of the molecule is Cc1ccc(COc2cccc(-c3nn(-c4ccccc4)cc3/C=c3\sc4nc(/C=C/c5cccs5)nn4c3=O)c2)cc1. The fourth-order valence-electron chi connectivity index (χ4n) is 4.62. The first-order valence-corrected chi connectivity index (χ1v) is 15.4. The minimum absolute atomic E-state index is 0.211. The molecule has 0 radical (unpaired) electrons. The van der Waals surface area contributed by atoms with Crippen LogP contribution in [0.1, 0.15) is 27.4 Å². The maximum Gasteiger partial charge on any atom is 0.291 e. The Kier molecular flexibility index (Phi) is 7.24. The van der Waals surface area contributed by atoms with Crippen LogP contribution in [-0.2, 0) is 6.61 Å². The van der Waals surface area contributed by atoms with Crippen molar-refractivity contribution < 1.29 is 4.74 Å². The average molecular weight is 600 g/mol. The highest BCUT2D eigenvalue weighted by Gasteiger charge is 2.15. The molecule has 0 fully saturated rings. The van der Waals surface area contributed by atoms with E-state index < -0.39 is 0 Å². The van der Waals surface area contributed by atoms with E-state index in [9.17, 15) is 4.79 Å². The maximum atomic E-state index is 13.4. The number of thiazole rings is 1. The maximum absolute atomic E-state index is 13.4. The Morgan fingerprint density at radius 2 is 1.77 bits per heavy atom. The molecule has 0 N–H and O–H groups in total. The van der Waals surface area contributed by atoms with Gasteiger partial charge in [-0.1, -0.05) is 77.6 Å². The summed E-state index contributed by atoms with van der Waals surface area (Å²) in [5.41, 5.74) is 5.45. The van der Waals surface area contributed by atoms with Gasteiger partial charge in [0.1, 0.15) is 18.1 Å². The average Bonchev–Trinajstić information content (AvgIpc) is 3.83. The van der Waals surface area contributed by atoms with E-state index in [1.165, 1.54) is 21.4 Å². The van der Waals surface area contributed by atoms with Gasteiger partial charge in [0.2, 0.25) is 4.96 Å². The smallest absolute Gasteiger partial charge is 0.291 e. The summed E-state index contributed by atoms with van der Waals surface area (Å²) in [6, 6.07) is 30.1. The van der Waals surface area contributed by atoms with Gasteiger partial charge in [-0.3, -0.25) is 4.79 Å². The molecule has 0 unspecified atom stereocenters. The lowest BCUT2D eigenvalue weighted by atomic mass is 10.1. The zero-order valence-electron chi connectivity index (χ0n) is 23.1. The van der Waals surface area contributed by atoms with Crippen molar-refractivity contribution in [2.45, 2.75) is 13.5 Å². The Labute approximate surface area is 255 Å². The lowest BCUT2D eigenvalue weighted by Crippen LogP contribution is -2.23. The first kappa shape index (κ1) is 26.8. The van der Waals surface area contributed by atoms with Crippen LogP contribution in [0.15, 0.2) is 107 Å². The third-order valence-electron chi connectivity index (χ3n) is 6.82. The Hall–Kier alpha value is -5.12. The quantitative estimate of drug-likeness (QED) is 0.195. The summed E-state index contributed by atoms with van der Waals surface area (Å²) in [5.74, 6) is 1.24. The van der Waals surface area contributed by atoms with Crippen molar-refractivity contribution in [2.75, 3.05) is 0 Å². The second-order valence-corrected chi connectivity index (χ2v) is 11.9. The Morgan fingerprint density at radius 1 is 0.907 bits per heavy atom. The van der Waals surface area contributed by atoms with Gasteiger partial charge in [0, 0.05) is 22.2 Å². The van der Waals surface area contributed by atoms with Gasteiger partial charge in [0.05, 0.1) is 10.2 Å². The molecule has 7 nitrogen and oxygen atoms in total. The van der Waals surface area contributed by atoms with E-state index in [1.807, 2.05) is 101 Å². The molecule has 0 amide bonds. The number of thiophene rings is 1. The first-order chi connectivity index (χ1) is 21.1. The van der Waals surface area contributed by atoms with Crippen LogP contribution in [-0.4, -0.2) is 24.4 Å². The van der Waals surface area contributed by atoms with Gasteiger partial charge in [0.25, 0.3) is 5.56 Å². The fourth-order valence-corrected chi connectivity index (χ4v) is 6.14. The molecule has 0 saturated heterocycles. The largest absolute Gasteiger partial charge is 0.489 e. The number of nitrogens with zero attached hydrogens (tertiary/aromatic N) is 5. The summed E-state index contributed by atoms with van der Waals surface area (Å²) in [4.78, 5) is 19.6. The van der Waals surface area contributed by atoms with E-state index in [4.69, 9.17) is 9.84 Å². The molecule has 3 aromatic carbocycles. The molecule has 0 atom stereocenters. The van der Waals surface area contributed by atoms with Crippen molar-refractivity contribution in [3.8, 4) is 22.7 Å². The molecule has 4 heterocycles. The Bertz CT molecular complexity index is 2160. The zero-order valence-corrected chi connectivity index (χ0v) is 24.8. The molecule has 0 aliphatic heterocycles. The highest BCUT2D eigenvalue weighted by Crippen LogP contribution is 2.28. The van der Waals surface area contributed by atoms with Gasteiger partial charge in [0.15, 0.2) is 5.82 Å². The second kappa shape index (κ2) is 11.6. The van der Waals surface area contributed by atoms with Crippen LogP contribution in [0.4, 0.5) is 0 Å². The van der Waals surface area contributed by atoms with Gasteiger partial charge in [-0.2, -0.15) is 14.6 Å². The number of fused-ring (bicyclic) bond motifs is 1. The predicted molar refractivity (Wildman–Crippen MR) is 174 cm³/mol. The molecular weight excluding hydrogens is 575 g/mol. The van der Waals surface area contributed by atoms with Crippen molar-refractivity contribution in [3.05, 3.63) is 145 Å². The number of hydrogen-bond donors (Lipinski definition) is 0. The van der Waals surface area contributed by atoms with Gasteiger partial charge in [-0.15, -0.1) is 16.4 Å². The lowest BCUT2D eigenvalue weighted by Gasteiger charge is -2.08. The fraction of sp³-hybridized carbons (Fsp3) is 0.0588.